The van der Waals surface area contributed by atoms with E-state index >= 15 is 0 Å². The first-order valence-corrected chi connectivity index (χ1v) is 4.76. The third kappa shape index (κ3) is 1.82. The Bertz CT molecular complexity index is 281. The molecule has 2 heteroatoms. The molecule has 1 aromatic carbocycles. The van der Waals surface area contributed by atoms with Gasteiger partial charge < -0.3 is 4.90 Å². The average molecular weight is 179 g/mol. The van der Waals surface area contributed by atoms with Crippen LogP contribution in [0.2, 0.25) is 0 Å². The lowest BCUT2D eigenvalue weighted by Crippen LogP contribution is -2.18. The summed E-state index contributed by atoms with van der Waals surface area (Å²) in [6.45, 7) is 4.46. The summed E-state index contributed by atoms with van der Waals surface area (Å²) in [5.74, 6) is 0.612. The van der Waals surface area contributed by atoms with Crippen molar-refractivity contribution in [2.24, 2.45) is 5.92 Å². The fourth-order valence-electron chi connectivity index (χ4n) is 1.82. The molecule has 0 saturated carbocycles. The molecular formula is C11H14FN. The van der Waals surface area contributed by atoms with Gasteiger partial charge in [0.15, 0.2) is 0 Å². The molecule has 0 aliphatic carbocycles. The fourth-order valence-corrected chi connectivity index (χ4v) is 1.82. The van der Waals surface area contributed by atoms with E-state index in [1.54, 1.807) is 0 Å². The maximum atomic E-state index is 12.6. The van der Waals surface area contributed by atoms with Gasteiger partial charge in [0.05, 0.1) is 0 Å². The van der Waals surface area contributed by atoms with Crippen LogP contribution in [-0.4, -0.2) is 13.1 Å². The molecule has 2 rings (SSSR count). The second kappa shape index (κ2) is 3.36. The van der Waals surface area contributed by atoms with Gasteiger partial charge in [0.25, 0.3) is 0 Å². The Morgan fingerprint density at radius 1 is 1.31 bits per heavy atom. The molecule has 0 radical (unpaired) electrons. The van der Waals surface area contributed by atoms with Crippen LogP contribution in [0.4, 0.5) is 10.1 Å². The Hall–Kier alpha value is -1.05. The molecule has 70 valence electrons. The molecule has 0 N–H and O–H groups in total. The summed E-state index contributed by atoms with van der Waals surface area (Å²) in [6, 6.07) is 6.76. The number of halogens is 1. The van der Waals surface area contributed by atoms with E-state index in [-0.39, 0.29) is 5.82 Å². The van der Waals surface area contributed by atoms with Gasteiger partial charge in [-0.05, 0) is 36.6 Å². The fraction of sp³-hybridized carbons (Fsp3) is 0.455. The Balaban J connectivity index is 2.13. The third-order valence-electron chi connectivity index (χ3n) is 2.62. The molecule has 1 aromatic rings. The number of anilines is 1. The van der Waals surface area contributed by atoms with Crippen molar-refractivity contribution >= 4 is 5.69 Å². The zero-order valence-electron chi connectivity index (χ0n) is 7.83. The zero-order valence-corrected chi connectivity index (χ0v) is 7.83. The topological polar surface area (TPSA) is 3.24 Å². The molecule has 0 aromatic heterocycles. The van der Waals surface area contributed by atoms with Gasteiger partial charge in [-0.1, -0.05) is 6.92 Å². The van der Waals surface area contributed by atoms with Crippen LogP contribution in [0.25, 0.3) is 0 Å². The van der Waals surface area contributed by atoms with Crippen molar-refractivity contribution in [1.82, 2.24) is 0 Å². The van der Waals surface area contributed by atoms with Gasteiger partial charge in [0.2, 0.25) is 0 Å². The molecule has 1 heterocycles. The maximum Gasteiger partial charge on any atom is 0.123 e. The summed E-state index contributed by atoms with van der Waals surface area (Å²) in [7, 11) is 0. The van der Waals surface area contributed by atoms with Crippen LogP contribution in [0.1, 0.15) is 13.3 Å². The minimum absolute atomic E-state index is 0.156. The molecule has 0 amide bonds. The number of rotatable bonds is 1. The normalized spacial score (nSPS) is 22.3. The van der Waals surface area contributed by atoms with Crippen molar-refractivity contribution in [1.29, 1.82) is 0 Å². The van der Waals surface area contributed by atoms with Crippen molar-refractivity contribution < 1.29 is 4.39 Å². The Morgan fingerprint density at radius 2 is 2.00 bits per heavy atom. The highest BCUT2D eigenvalue weighted by atomic mass is 19.1. The highest BCUT2D eigenvalue weighted by molar-refractivity contribution is 5.47. The van der Waals surface area contributed by atoms with Gasteiger partial charge in [-0.2, -0.15) is 0 Å². The first kappa shape index (κ1) is 8.54. The summed E-state index contributed by atoms with van der Waals surface area (Å²) >= 11 is 0. The molecule has 0 spiro atoms. The highest BCUT2D eigenvalue weighted by Crippen LogP contribution is 2.23. The van der Waals surface area contributed by atoms with Gasteiger partial charge in [-0.15, -0.1) is 0 Å². The van der Waals surface area contributed by atoms with Crippen LogP contribution in [-0.2, 0) is 0 Å². The molecular weight excluding hydrogens is 165 g/mol. The van der Waals surface area contributed by atoms with Crippen LogP contribution in [0.5, 0.6) is 0 Å². The second-order valence-corrected chi connectivity index (χ2v) is 3.82. The minimum atomic E-state index is -0.156. The van der Waals surface area contributed by atoms with E-state index in [0.717, 1.165) is 24.7 Å². The van der Waals surface area contributed by atoms with E-state index in [9.17, 15) is 4.39 Å². The quantitative estimate of drug-likeness (QED) is 0.640. The predicted octanol–water partition coefficient (Wildman–Crippen LogP) is 2.67. The van der Waals surface area contributed by atoms with E-state index in [2.05, 4.69) is 11.8 Å². The maximum absolute atomic E-state index is 12.6. The number of nitrogens with zero attached hydrogens (tertiary/aromatic N) is 1. The van der Waals surface area contributed by atoms with Gasteiger partial charge in [-0.3, -0.25) is 0 Å². The van der Waals surface area contributed by atoms with Crippen molar-refractivity contribution in [3.8, 4) is 0 Å². The van der Waals surface area contributed by atoms with Gasteiger partial charge >= 0.3 is 0 Å². The molecule has 1 atom stereocenters. The summed E-state index contributed by atoms with van der Waals surface area (Å²) in [5, 5.41) is 0. The van der Waals surface area contributed by atoms with Gasteiger partial charge in [0.1, 0.15) is 5.82 Å². The zero-order chi connectivity index (χ0) is 9.26. The Morgan fingerprint density at radius 3 is 2.54 bits per heavy atom. The van der Waals surface area contributed by atoms with Crippen molar-refractivity contribution in [3.05, 3.63) is 30.1 Å². The molecule has 1 nitrogen and oxygen atoms in total. The lowest BCUT2D eigenvalue weighted by Gasteiger charge is -2.17. The molecule has 1 aliphatic heterocycles. The van der Waals surface area contributed by atoms with E-state index in [4.69, 9.17) is 0 Å². The van der Waals surface area contributed by atoms with Crippen LogP contribution >= 0.6 is 0 Å². The summed E-state index contributed by atoms with van der Waals surface area (Å²) in [4.78, 5) is 2.31. The monoisotopic (exact) mass is 179 g/mol. The third-order valence-corrected chi connectivity index (χ3v) is 2.62. The van der Waals surface area contributed by atoms with Crippen LogP contribution in [0.3, 0.4) is 0 Å². The SMILES string of the molecule is CC1CCN(c2ccc(F)cc2)C1. The largest absolute Gasteiger partial charge is 0.371 e. The lowest BCUT2D eigenvalue weighted by molar-refractivity contribution is 0.627. The number of hydrogen-bond donors (Lipinski definition) is 0. The van der Waals surface area contributed by atoms with E-state index in [0.29, 0.717) is 0 Å². The molecule has 1 fully saturated rings. The number of benzene rings is 1. The first-order chi connectivity index (χ1) is 6.25. The first-order valence-electron chi connectivity index (χ1n) is 4.76. The summed E-state index contributed by atoms with van der Waals surface area (Å²) < 4.78 is 12.6. The highest BCUT2D eigenvalue weighted by Gasteiger charge is 2.18. The van der Waals surface area contributed by atoms with Crippen molar-refractivity contribution in [2.75, 3.05) is 18.0 Å². The van der Waals surface area contributed by atoms with E-state index in [1.807, 2.05) is 12.1 Å². The van der Waals surface area contributed by atoms with Crippen LogP contribution in [0, 0.1) is 11.7 Å². The smallest absolute Gasteiger partial charge is 0.123 e. The summed E-state index contributed by atoms with van der Waals surface area (Å²) in [6.07, 6.45) is 1.25. The van der Waals surface area contributed by atoms with Crippen molar-refractivity contribution in [2.45, 2.75) is 13.3 Å². The molecule has 1 unspecified atom stereocenters. The predicted molar refractivity (Wildman–Crippen MR) is 52.4 cm³/mol. The molecule has 13 heavy (non-hydrogen) atoms. The van der Waals surface area contributed by atoms with Crippen LogP contribution < -0.4 is 4.90 Å². The molecule has 1 saturated heterocycles. The molecule has 1 aliphatic rings. The second-order valence-electron chi connectivity index (χ2n) is 3.82. The van der Waals surface area contributed by atoms with E-state index < -0.39 is 0 Å². The Kier molecular flexibility index (Phi) is 2.21. The van der Waals surface area contributed by atoms with Crippen LogP contribution in [0.15, 0.2) is 24.3 Å². The van der Waals surface area contributed by atoms with Gasteiger partial charge in [-0.25, -0.2) is 4.39 Å². The Labute approximate surface area is 78.2 Å². The number of hydrogen-bond acceptors (Lipinski definition) is 1. The summed E-state index contributed by atoms with van der Waals surface area (Å²) in [5.41, 5.74) is 1.14. The standard InChI is InChI=1S/C11H14FN/c1-9-6-7-13(8-9)11-4-2-10(12)3-5-11/h2-5,9H,6-8H2,1H3. The van der Waals surface area contributed by atoms with E-state index in [1.165, 1.54) is 18.6 Å². The minimum Gasteiger partial charge on any atom is -0.371 e. The molecule has 0 bridgehead atoms. The average Bonchev–Trinajstić information content (AvgIpc) is 2.53. The lowest BCUT2D eigenvalue weighted by atomic mass is 10.2. The van der Waals surface area contributed by atoms with Crippen molar-refractivity contribution in [3.63, 3.8) is 0 Å². The van der Waals surface area contributed by atoms with Gasteiger partial charge in [0, 0.05) is 18.8 Å².